The maximum absolute atomic E-state index is 13.9. The van der Waals surface area contributed by atoms with Crippen LogP contribution < -0.4 is 9.62 Å². The lowest BCUT2D eigenvalue weighted by Gasteiger charge is -2.38. The molecule has 3 heterocycles. The summed E-state index contributed by atoms with van der Waals surface area (Å²) in [6.45, 7) is 2.31. The number of pyridine rings is 2. The third-order valence-corrected chi connectivity index (χ3v) is 8.45. The molecule has 39 heavy (non-hydrogen) atoms. The van der Waals surface area contributed by atoms with Crippen molar-refractivity contribution in [3.05, 3.63) is 65.7 Å². The standard InChI is InChI=1S/C27H27F3N4O4S/c1-26(25(35)36)14-5-15-34(16-26)22-8-4-9-23(32-22)39(37,38)33-21-13-12-20(27(28,29)30)24(31-21)19-7-3-2-6-18(19)17-10-11-17/h2-4,6-9,12-13,17H,5,10-11,14-16H2,1H3,(H,31,33)(H,35,36)/t26-/m1/s1. The third-order valence-electron chi connectivity index (χ3n) is 7.19. The highest BCUT2D eigenvalue weighted by molar-refractivity contribution is 7.92. The molecule has 0 unspecified atom stereocenters. The maximum atomic E-state index is 13.9. The van der Waals surface area contributed by atoms with Crippen molar-refractivity contribution in [2.45, 2.75) is 49.7 Å². The molecule has 8 nitrogen and oxygen atoms in total. The van der Waals surface area contributed by atoms with Crippen molar-refractivity contribution < 1.29 is 31.5 Å². The Morgan fingerprint density at radius 2 is 1.82 bits per heavy atom. The van der Waals surface area contributed by atoms with Crippen LogP contribution in [0.15, 0.2) is 59.6 Å². The van der Waals surface area contributed by atoms with Crippen molar-refractivity contribution >= 4 is 27.6 Å². The van der Waals surface area contributed by atoms with Gasteiger partial charge >= 0.3 is 12.1 Å². The Kier molecular flexibility index (Phi) is 6.78. The predicted octanol–water partition coefficient (Wildman–Crippen LogP) is 5.53. The molecule has 0 bridgehead atoms. The summed E-state index contributed by atoms with van der Waals surface area (Å²) in [7, 11) is -4.33. The van der Waals surface area contributed by atoms with E-state index >= 15 is 0 Å². The Hall–Kier alpha value is -3.67. The zero-order valence-corrected chi connectivity index (χ0v) is 21.9. The number of aliphatic carboxylic acids is 1. The summed E-state index contributed by atoms with van der Waals surface area (Å²) in [5.74, 6) is -0.768. The van der Waals surface area contributed by atoms with Crippen molar-refractivity contribution in [1.82, 2.24) is 9.97 Å². The van der Waals surface area contributed by atoms with Gasteiger partial charge in [-0.05, 0) is 68.4 Å². The van der Waals surface area contributed by atoms with E-state index in [0.717, 1.165) is 30.5 Å². The number of hydrogen-bond acceptors (Lipinski definition) is 6. The fourth-order valence-electron chi connectivity index (χ4n) is 4.94. The van der Waals surface area contributed by atoms with Crippen LogP contribution in [0.2, 0.25) is 0 Å². The number of anilines is 2. The molecule has 1 saturated heterocycles. The number of benzene rings is 1. The van der Waals surface area contributed by atoms with Gasteiger partial charge in [-0.2, -0.15) is 21.6 Å². The van der Waals surface area contributed by atoms with E-state index in [1.54, 1.807) is 42.2 Å². The summed E-state index contributed by atoms with van der Waals surface area (Å²) in [5.41, 5.74) is -1.22. The van der Waals surface area contributed by atoms with Gasteiger partial charge in [-0.1, -0.05) is 30.3 Å². The lowest BCUT2D eigenvalue weighted by Crippen LogP contribution is -2.46. The van der Waals surface area contributed by atoms with Gasteiger partial charge in [0.05, 0.1) is 16.7 Å². The van der Waals surface area contributed by atoms with Gasteiger partial charge < -0.3 is 10.0 Å². The highest BCUT2D eigenvalue weighted by atomic mass is 32.2. The fraction of sp³-hybridized carbons (Fsp3) is 0.370. The summed E-state index contributed by atoms with van der Waals surface area (Å²) in [6, 6.07) is 12.9. The second kappa shape index (κ2) is 9.82. The molecule has 5 rings (SSSR count). The lowest BCUT2D eigenvalue weighted by molar-refractivity contribution is -0.148. The fourth-order valence-corrected chi connectivity index (χ4v) is 5.91. The zero-order chi connectivity index (χ0) is 28.0. The average molecular weight is 561 g/mol. The van der Waals surface area contributed by atoms with Crippen LogP contribution in [0.5, 0.6) is 0 Å². The van der Waals surface area contributed by atoms with Crippen LogP contribution in [0.4, 0.5) is 24.8 Å². The highest BCUT2D eigenvalue weighted by Gasteiger charge is 2.39. The van der Waals surface area contributed by atoms with Crippen LogP contribution in [-0.4, -0.2) is 42.6 Å². The molecule has 2 N–H and O–H groups in total. The maximum Gasteiger partial charge on any atom is 0.418 e. The summed E-state index contributed by atoms with van der Waals surface area (Å²) < 4.78 is 70.5. The molecule has 2 fully saturated rings. The van der Waals surface area contributed by atoms with Crippen molar-refractivity contribution in [2.24, 2.45) is 5.41 Å². The number of nitrogens with zero attached hydrogens (tertiary/aromatic N) is 3. The van der Waals surface area contributed by atoms with Crippen LogP contribution in [-0.2, 0) is 21.0 Å². The molecule has 1 aliphatic heterocycles. The van der Waals surface area contributed by atoms with Crippen LogP contribution >= 0.6 is 0 Å². The molecule has 3 aromatic rings. The quantitative estimate of drug-likeness (QED) is 0.391. The second-order valence-electron chi connectivity index (χ2n) is 10.3. The van der Waals surface area contributed by atoms with Crippen LogP contribution in [0, 0.1) is 5.41 Å². The number of rotatable bonds is 7. The van der Waals surface area contributed by atoms with Gasteiger partial charge in [0.2, 0.25) is 0 Å². The monoisotopic (exact) mass is 560 g/mol. The normalized spacial score (nSPS) is 20.1. The molecule has 2 aliphatic rings. The highest BCUT2D eigenvalue weighted by Crippen LogP contribution is 2.46. The molecular formula is C27H27F3N4O4S. The molecule has 0 radical (unpaired) electrons. The number of carboxylic acids is 1. The van der Waals surface area contributed by atoms with Crippen LogP contribution in [0.1, 0.15) is 49.7 Å². The number of sulfonamides is 1. The predicted molar refractivity (Wildman–Crippen MR) is 139 cm³/mol. The number of carboxylic acid groups (broad SMARTS) is 1. The van der Waals surface area contributed by atoms with Gasteiger partial charge in [0.1, 0.15) is 11.6 Å². The van der Waals surface area contributed by atoms with E-state index in [0.29, 0.717) is 30.8 Å². The molecule has 1 atom stereocenters. The number of aromatic nitrogens is 2. The Bertz CT molecular complexity index is 1530. The van der Waals surface area contributed by atoms with Crippen molar-refractivity contribution in [1.29, 1.82) is 0 Å². The Labute approximate surface area is 224 Å². The molecule has 1 aromatic carbocycles. The molecule has 0 spiro atoms. The molecule has 1 saturated carbocycles. The molecule has 2 aromatic heterocycles. The van der Waals surface area contributed by atoms with Gasteiger partial charge in [0.25, 0.3) is 10.0 Å². The molecular weight excluding hydrogens is 533 g/mol. The van der Waals surface area contributed by atoms with Crippen molar-refractivity contribution in [3.8, 4) is 11.3 Å². The van der Waals surface area contributed by atoms with E-state index in [-0.39, 0.29) is 29.0 Å². The number of nitrogens with one attached hydrogen (secondary N) is 1. The van der Waals surface area contributed by atoms with Crippen LogP contribution in [0.3, 0.4) is 0 Å². The van der Waals surface area contributed by atoms with Crippen LogP contribution in [0.25, 0.3) is 11.3 Å². The first-order valence-corrected chi connectivity index (χ1v) is 14.0. The average Bonchev–Trinajstić information content (AvgIpc) is 3.73. The minimum Gasteiger partial charge on any atom is -0.481 e. The zero-order valence-electron chi connectivity index (χ0n) is 21.1. The smallest absolute Gasteiger partial charge is 0.418 e. The minimum absolute atomic E-state index is 0.147. The van der Waals surface area contributed by atoms with E-state index < -0.39 is 33.1 Å². The molecule has 1 aliphatic carbocycles. The van der Waals surface area contributed by atoms with E-state index in [1.165, 1.54) is 12.1 Å². The van der Waals surface area contributed by atoms with Gasteiger partial charge in [-0.3, -0.25) is 9.52 Å². The number of alkyl halides is 3. The van der Waals surface area contributed by atoms with Gasteiger partial charge in [-0.25, -0.2) is 9.97 Å². The Morgan fingerprint density at radius 1 is 1.08 bits per heavy atom. The first kappa shape index (κ1) is 26.9. The van der Waals surface area contributed by atoms with E-state index in [4.69, 9.17) is 0 Å². The first-order chi connectivity index (χ1) is 18.4. The summed E-state index contributed by atoms with van der Waals surface area (Å²) in [4.78, 5) is 21.8. The van der Waals surface area contributed by atoms with E-state index in [9.17, 15) is 31.5 Å². The number of hydrogen-bond donors (Lipinski definition) is 2. The third kappa shape index (κ3) is 5.56. The summed E-state index contributed by atoms with van der Waals surface area (Å²) >= 11 is 0. The Balaban J connectivity index is 1.47. The van der Waals surface area contributed by atoms with Gasteiger partial charge in [0, 0.05) is 18.7 Å². The first-order valence-electron chi connectivity index (χ1n) is 12.5. The van der Waals surface area contributed by atoms with E-state index in [1.807, 2.05) is 0 Å². The Morgan fingerprint density at radius 3 is 2.51 bits per heavy atom. The lowest BCUT2D eigenvalue weighted by atomic mass is 9.82. The second-order valence-corrected chi connectivity index (χ2v) is 11.9. The number of halogens is 3. The van der Waals surface area contributed by atoms with Gasteiger partial charge in [-0.15, -0.1) is 0 Å². The number of carbonyl (C=O) groups is 1. The van der Waals surface area contributed by atoms with Crippen molar-refractivity contribution in [3.63, 3.8) is 0 Å². The molecule has 12 heteroatoms. The summed E-state index contributed by atoms with van der Waals surface area (Å²) in [6.07, 6.45) is -1.86. The topological polar surface area (TPSA) is 112 Å². The summed E-state index contributed by atoms with van der Waals surface area (Å²) in [5, 5.41) is 9.25. The SMILES string of the molecule is C[C@@]1(C(=O)O)CCCN(c2cccc(S(=O)(=O)Nc3ccc(C(F)(F)F)c(-c4ccccc4C4CC4)n3)n2)C1. The minimum atomic E-state index is -4.69. The van der Waals surface area contributed by atoms with E-state index in [2.05, 4.69) is 14.7 Å². The van der Waals surface area contributed by atoms with Gasteiger partial charge in [0.15, 0.2) is 5.03 Å². The largest absolute Gasteiger partial charge is 0.481 e. The number of piperidine rings is 1. The molecule has 206 valence electrons. The van der Waals surface area contributed by atoms with Crippen molar-refractivity contribution in [2.75, 3.05) is 22.7 Å². The molecule has 0 amide bonds.